The summed E-state index contributed by atoms with van der Waals surface area (Å²) in [5, 5.41) is 3.16. The molecule has 6 heteroatoms. The Labute approximate surface area is 107 Å². The van der Waals surface area contributed by atoms with Crippen LogP contribution in [-0.2, 0) is 10.0 Å². The topological polar surface area (TPSA) is 58.2 Å². The minimum atomic E-state index is -3.33. The van der Waals surface area contributed by atoms with Crippen LogP contribution in [0, 0.1) is 13.8 Å². The molecular weight excluding hydrogens is 256 g/mol. The van der Waals surface area contributed by atoms with Crippen LogP contribution in [0.5, 0.6) is 0 Å². The van der Waals surface area contributed by atoms with Gasteiger partial charge in [-0.1, -0.05) is 6.92 Å². The van der Waals surface area contributed by atoms with Crippen molar-refractivity contribution in [1.82, 2.24) is 10.0 Å². The molecule has 4 nitrogen and oxygen atoms in total. The van der Waals surface area contributed by atoms with E-state index < -0.39 is 10.0 Å². The fourth-order valence-electron chi connectivity index (χ4n) is 1.53. The summed E-state index contributed by atoms with van der Waals surface area (Å²) in [6.07, 6.45) is 1.05. The summed E-state index contributed by atoms with van der Waals surface area (Å²) in [4.78, 5) is 1.02. The maximum absolute atomic E-state index is 12.0. The third-order valence-corrected chi connectivity index (χ3v) is 5.51. The van der Waals surface area contributed by atoms with E-state index in [1.807, 2.05) is 19.9 Å². The van der Waals surface area contributed by atoms with Gasteiger partial charge in [0, 0.05) is 18.0 Å². The van der Waals surface area contributed by atoms with Crippen molar-refractivity contribution in [3.63, 3.8) is 0 Å². The number of aryl methyl sites for hydroxylation is 2. The zero-order chi connectivity index (χ0) is 12.9. The molecule has 0 aliphatic heterocycles. The van der Waals surface area contributed by atoms with E-state index in [0.717, 1.165) is 23.4 Å². The van der Waals surface area contributed by atoms with Crippen LogP contribution in [0.1, 0.15) is 23.8 Å². The average Bonchev–Trinajstić information content (AvgIpc) is 2.58. The van der Waals surface area contributed by atoms with E-state index in [1.54, 1.807) is 0 Å². The van der Waals surface area contributed by atoms with E-state index in [1.165, 1.54) is 11.3 Å². The molecule has 0 amide bonds. The molecule has 17 heavy (non-hydrogen) atoms. The van der Waals surface area contributed by atoms with Crippen LogP contribution < -0.4 is 10.0 Å². The van der Waals surface area contributed by atoms with Crippen LogP contribution in [0.2, 0.25) is 0 Å². The van der Waals surface area contributed by atoms with Gasteiger partial charge in [0.1, 0.15) is 4.21 Å². The summed E-state index contributed by atoms with van der Waals surface area (Å²) in [6.45, 7) is 7.83. The maximum Gasteiger partial charge on any atom is 0.250 e. The van der Waals surface area contributed by atoms with E-state index in [2.05, 4.69) is 17.0 Å². The minimum Gasteiger partial charge on any atom is -0.315 e. The van der Waals surface area contributed by atoms with Gasteiger partial charge in [0.25, 0.3) is 0 Å². The Bertz CT molecular complexity index is 452. The van der Waals surface area contributed by atoms with Crippen LogP contribution in [0.25, 0.3) is 0 Å². The van der Waals surface area contributed by atoms with Crippen molar-refractivity contribution >= 4 is 21.4 Å². The van der Waals surface area contributed by atoms with Crippen LogP contribution in [-0.4, -0.2) is 28.1 Å². The standard InChI is InChI=1S/C11H20N2O2S2/c1-4-5-12-6-7-13-17(14,15)11-9(2)8-10(3)16-11/h8,12-13H,4-7H2,1-3H3. The van der Waals surface area contributed by atoms with E-state index in [-0.39, 0.29) is 0 Å². The first kappa shape index (κ1) is 14.6. The van der Waals surface area contributed by atoms with Crippen molar-refractivity contribution in [2.75, 3.05) is 19.6 Å². The van der Waals surface area contributed by atoms with E-state index in [4.69, 9.17) is 0 Å². The van der Waals surface area contributed by atoms with Crippen molar-refractivity contribution in [1.29, 1.82) is 0 Å². The average molecular weight is 276 g/mol. The van der Waals surface area contributed by atoms with Crippen molar-refractivity contribution in [3.05, 3.63) is 16.5 Å². The molecule has 0 unspecified atom stereocenters. The lowest BCUT2D eigenvalue weighted by Gasteiger charge is -2.06. The van der Waals surface area contributed by atoms with Gasteiger partial charge < -0.3 is 5.32 Å². The summed E-state index contributed by atoms with van der Waals surface area (Å²) in [5.74, 6) is 0. The van der Waals surface area contributed by atoms with Crippen LogP contribution in [0.3, 0.4) is 0 Å². The summed E-state index contributed by atoms with van der Waals surface area (Å²) in [7, 11) is -3.33. The molecule has 0 saturated carbocycles. The molecule has 0 aliphatic rings. The van der Waals surface area contributed by atoms with Crippen molar-refractivity contribution in [3.8, 4) is 0 Å². The first-order valence-electron chi connectivity index (χ1n) is 5.74. The molecule has 0 aromatic carbocycles. The lowest BCUT2D eigenvalue weighted by atomic mass is 10.4. The number of thiophene rings is 1. The quantitative estimate of drug-likeness (QED) is 0.744. The van der Waals surface area contributed by atoms with Crippen LogP contribution in [0.4, 0.5) is 0 Å². The monoisotopic (exact) mass is 276 g/mol. The normalized spacial score (nSPS) is 11.9. The van der Waals surface area contributed by atoms with E-state index >= 15 is 0 Å². The Morgan fingerprint density at radius 3 is 2.47 bits per heavy atom. The highest BCUT2D eigenvalue weighted by Crippen LogP contribution is 2.25. The van der Waals surface area contributed by atoms with E-state index in [0.29, 0.717) is 17.3 Å². The number of rotatable bonds is 7. The molecule has 1 aromatic heterocycles. The lowest BCUT2D eigenvalue weighted by Crippen LogP contribution is -2.32. The summed E-state index contributed by atoms with van der Waals surface area (Å²) in [6, 6.07) is 1.90. The first-order chi connectivity index (χ1) is 7.97. The van der Waals surface area contributed by atoms with Crippen molar-refractivity contribution < 1.29 is 8.42 Å². The van der Waals surface area contributed by atoms with E-state index in [9.17, 15) is 8.42 Å². The number of hydrogen-bond donors (Lipinski definition) is 2. The molecule has 0 radical (unpaired) electrons. The third kappa shape index (κ3) is 4.39. The van der Waals surface area contributed by atoms with Gasteiger partial charge in [-0.25, -0.2) is 13.1 Å². The molecule has 98 valence electrons. The smallest absolute Gasteiger partial charge is 0.250 e. The molecule has 0 atom stereocenters. The zero-order valence-electron chi connectivity index (χ0n) is 10.5. The second-order valence-electron chi connectivity index (χ2n) is 3.98. The van der Waals surface area contributed by atoms with Gasteiger partial charge in [0.15, 0.2) is 0 Å². The Morgan fingerprint density at radius 2 is 1.94 bits per heavy atom. The Kier molecular flexibility index (Phi) is 5.58. The van der Waals surface area contributed by atoms with Crippen LogP contribution >= 0.6 is 11.3 Å². The predicted octanol–water partition coefficient (Wildman–Crippen LogP) is 1.64. The summed E-state index contributed by atoms with van der Waals surface area (Å²) < 4.78 is 27.0. The molecule has 1 heterocycles. The highest BCUT2D eigenvalue weighted by Gasteiger charge is 2.18. The highest BCUT2D eigenvalue weighted by molar-refractivity contribution is 7.91. The number of sulfonamides is 1. The van der Waals surface area contributed by atoms with Gasteiger partial charge in [-0.05, 0) is 38.4 Å². The zero-order valence-corrected chi connectivity index (χ0v) is 12.2. The van der Waals surface area contributed by atoms with Crippen molar-refractivity contribution in [2.45, 2.75) is 31.4 Å². The van der Waals surface area contributed by atoms with Gasteiger partial charge in [-0.15, -0.1) is 11.3 Å². The lowest BCUT2D eigenvalue weighted by molar-refractivity contribution is 0.577. The molecule has 0 bridgehead atoms. The molecule has 0 aliphatic carbocycles. The van der Waals surface area contributed by atoms with Crippen LogP contribution in [0.15, 0.2) is 10.3 Å². The first-order valence-corrected chi connectivity index (χ1v) is 8.04. The predicted molar refractivity (Wildman–Crippen MR) is 72.1 cm³/mol. The van der Waals surface area contributed by atoms with Gasteiger partial charge in [0.2, 0.25) is 10.0 Å². The largest absolute Gasteiger partial charge is 0.315 e. The van der Waals surface area contributed by atoms with Crippen molar-refractivity contribution in [2.24, 2.45) is 0 Å². The minimum absolute atomic E-state index is 0.429. The van der Waals surface area contributed by atoms with Gasteiger partial charge >= 0.3 is 0 Å². The van der Waals surface area contributed by atoms with Gasteiger partial charge in [-0.2, -0.15) is 0 Å². The molecule has 0 fully saturated rings. The fourth-order valence-corrected chi connectivity index (χ4v) is 4.27. The number of hydrogen-bond acceptors (Lipinski definition) is 4. The third-order valence-electron chi connectivity index (χ3n) is 2.26. The Balaban J connectivity index is 2.54. The van der Waals surface area contributed by atoms with Gasteiger partial charge in [0.05, 0.1) is 0 Å². The van der Waals surface area contributed by atoms with Gasteiger partial charge in [-0.3, -0.25) is 0 Å². The SMILES string of the molecule is CCCNCCNS(=O)(=O)c1sc(C)cc1C. The second-order valence-corrected chi connectivity index (χ2v) is 7.19. The molecule has 1 aromatic rings. The summed E-state index contributed by atoms with van der Waals surface area (Å²) in [5.41, 5.74) is 0.821. The fraction of sp³-hybridized carbons (Fsp3) is 0.636. The molecule has 0 spiro atoms. The molecular formula is C11H20N2O2S2. The number of nitrogens with one attached hydrogen (secondary N) is 2. The second kappa shape index (κ2) is 6.49. The highest BCUT2D eigenvalue weighted by atomic mass is 32.2. The summed E-state index contributed by atoms with van der Waals surface area (Å²) >= 11 is 1.32. The Morgan fingerprint density at radius 1 is 1.24 bits per heavy atom. The molecule has 2 N–H and O–H groups in total. The molecule has 1 rings (SSSR count). The molecule has 0 saturated heterocycles. The Hall–Kier alpha value is -0.430. The maximum atomic E-state index is 12.0.